The number of nitro groups is 1. The lowest BCUT2D eigenvalue weighted by Crippen LogP contribution is -2.45. The molecule has 0 amide bonds. The molecule has 0 aromatic heterocycles. The molecule has 20 heavy (non-hydrogen) atoms. The lowest BCUT2D eigenvalue weighted by Gasteiger charge is -2.40. The van der Waals surface area contributed by atoms with Gasteiger partial charge in [-0.25, -0.2) is 0 Å². The normalized spacial score (nSPS) is 26.4. The van der Waals surface area contributed by atoms with Crippen LogP contribution in [-0.2, 0) is 6.42 Å². The molecule has 0 spiro atoms. The molecule has 0 bridgehead atoms. The van der Waals surface area contributed by atoms with Crippen molar-refractivity contribution in [1.82, 2.24) is 0 Å². The second-order valence-corrected chi connectivity index (χ2v) is 5.97. The fraction of sp³-hybridized carbons (Fsp3) is 0.571. The van der Waals surface area contributed by atoms with E-state index in [4.69, 9.17) is 17.3 Å². The molecule has 5 nitrogen and oxygen atoms in total. The van der Waals surface area contributed by atoms with E-state index in [1.165, 1.54) is 6.07 Å². The monoisotopic (exact) mass is 298 g/mol. The third kappa shape index (κ3) is 2.95. The van der Waals surface area contributed by atoms with Gasteiger partial charge in [-0.1, -0.05) is 30.5 Å². The summed E-state index contributed by atoms with van der Waals surface area (Å²) in [5.74, 6) is 0. The summed E-state index contributed by atoms with van der Waals surface area (Å²) in [6.07, 6.45) is 3.39. The first kappa shape index (κ1) is 15.2. The summed E-state index contributed by atoms with van der Waals surface area (Å²) in [5.41, 5.74) is 6.01. The molecular weight excluding hydrogens is 280 g/mol. The number of hydrogen-bond donors (Lipinski definition) is 2. The molecule has 1 aliphatic carbocycles. The van der Waals surface area contributed by atoms with Crippen LogP contribution < -0.4 is 5.73 Å². The van der Waals surface area contributed by atoms with Crippen LogP contribution in [0.4, 0.5) is 5.69 Å². The van der Waals surface area contributed by atoms with Gasteiger partial charge in [-0.05, 0) is 25.3 Å². The van der Waals surface area contributed by atoms with Crippen LogP contribution in [0.5, 0.6) is 0 Å². The zero-order valence-electron chi connectivity index (χ0n) is 11.2. The lowest BCUT2D eigenvalue weighted by molar-refractivity contribution is -0.385. The van der Waals surface area contributed by atoms with Crippen molar-refractivity contribution in [2.75, 3.05) is 6.54 Å². The van der Waals surface area contributed by atoms with Gasteiger partial charge in [-0.15, -0.1) is 0 Å². The van der Waals surface area contributed by atoms with Crippen LogP contribution in [0.25, 0.3) is 0 Å². The second kappa shape index (κ2) is 6.08. The molecule has 2 atom stereocenters. The van der Waals surface area contributed by atoms with Gasteiger partial charge in [0.05, 0.1) is 11.0 Å². The average molecular weight is 299 g/mol. The predicted octanol–water partition coefficient (Wildman–Crippen LogP) is 2.67. The Morgan fingerprint density at radius 3 is 2.85 bits per heavy atom. The van der Waals surface area contributed by atoms with Gasteiger partial charge < -0.3 is 10.8 Å². The van der Waals surface area contributed by atoms with E-state index < -0.39 is 16.4 Å². The fourth-order valence-electron chi connectivity index (χ4n) is 3.04. The first-order valence-corrected chi connectivity index (χ1v) is 7.17. The van der Waals surface area contributed by atoms with Gasteiger partial charge in [0.15, 0.2) is 0 Å². The molecule has 0 aliphatic heterocycles. The third-order valence-electron chi connectivity index (χ3n) is 4.30. The van der Waals surface area contributed by atoms with Crippen LogP contribution in [0, 0.1) is 15.5 Å². The van der Waals surface area contributed by atoms with Crippen molar-refractivity contribution in [2.24, 2.45) is 11.1 Å². The molecule has 1 aromatic carbocycles. The first-order chi connectivity index (χ1) is 9.48. The fourth-order valence-corrected chi connectivity index (χ4v) is 3.21. The molecule has 6 heteroatoms. The number of aliphatic hydroxyl groups is 1. The molecule has 2 unspecified atom stereocenters. The minimum absolute atomic E-state index is 0.00287. The summed E-state index contributed by atoms with van der Waals surface area (Å²) >= 11 is 5.82. The van der Waals surface area contributed by atoms with E-state index in [0.29, 0.717) is 30.0 Å². The van der Waals surface area contributed by atoms with Gasteiger partial charge >= 0.3 is 0 Å². The molecule has 3 N–H and O–H groups in total. The Kier molecular flexibility index (Phi) is 4.62. The van der Waals surface area contributed by atoms with E-state index in [2.05, 4.69) is 0 Å². The van der Waals surface area contributed by atoms with E-state index in [1.807, 2.05) is 0 Å². The minimum Gasteiger partial charge on any atom is -0.392 e. The Morgan fingerprint density at radius 2 is 2.25 bits per heavy atom. The highest BCUT2D eigenvalue weighted by molar-refractivity contribution is 6.30. The average Bonchev–Trinajstić information content (AvgIpc) is 2.43. The van der Waals surface area contributed by atoms with Crippen LogP contribution in [0.15, 0.2) is 18.2 Å². The van der Waals surface area contributed by atoms with Gasteiger partial charge in [-0.3, -0.25) is 10.1 Å². The second-order valence-electron chi connectivity index (χ2n) is 5.53. The summed E-state index contributed by atoms with van der Waals surface area (Å²) in [7, 11) is 0. The summed E-state index contributed by atoms with van der Waals surface area (Å²) in [5, 5.41) is 21.8. The van der Waals surface area contributed by atoms with Crippen molar-refractivity contribution in [1.29, 1.82) is 0 Å². The summed E-state index contributed by atoms with van der Waals surface area (Å²) < 4.78 is 0. The third-order valence-corrected chi connectivity index (χ3v) is 4.54. The zero-order chi connectivity index (χ0) is 14.8. The molecule has 0 saturated heterocycles. The number of hydrogen-bond acceptors (Lipinski definition) is 4. The van der Waals surface area contributed by atoms with Crippen LogP contribution in [0.2, 0.25) is 5.02 Å². The number of benzene rings is 1. The SMILES string of the molecule is NCC1(Cc2ccc(Cl)cc2[N+](=O)[O-])CCCCC1O. The smallest absolute Gasteiger partial charge is 0.274 e. The molecular formula is C14H19ClN2O3. The van der Waals surface area contributed by atoms with Crippen molar-refractivity contribution < 1.29 is 10.0 Å². The Labute approximate surface area is 122 Å². The number of nitro benzene ring substituents is 1. The Morgan fingerprint density at radius 1 is 1.50 bits per heavy atom. The molecule has 1 saturated carbocycles. The maximum atomic E-state index is 11.1. The van der Waals surface area contributed by atoms with Gasteiger partial charge in [0.1, 0.15) is 0 Å². The first-order valence-electron chi connectivity index (χ1n) is 6.79. The molecule has 0 heterocycles. The molecule has 1 aliphatic rings. The van der Waals surface area contributed by atoms with E-state index in [9.17, 15) is 15.2 Å². The Balaban J connectivity index is 2.34. The quantitative estimate of drug-likeness (QED) is 0.660. The molecule has 1 aromatic rings. The number of nitrogens with zero attached hydrogens (tertiary/aromatic N) is 1. The van der Waals surface area contributed by atoms with Gasteiger partial charge in [-0.2, -0.15) is 0 Å². The number of nitrogens with two attached hydrogens (primary N) is 1. The molecule has 2 rings (SSSR count). The topological polar surface area (TPSA) is 89.4 Å². The van der Waals surface area contributed by atoms with E-state index in [0.717, 1.165) is 19.3 Å². The van der Waals surface area contributed by atoms with Crippen molar-refractivity contribution in [3.8, 4) is 0 Å². The van der Waals surface area contributed by atoms with Crippen molar-refractivity contribution >= 4 is 17.3 Å². The van der Waals surface area contributed by atoms with Gasteiger partial charge in [0.2, 0.25) is 0 Å². The van der Waals surface area contributed by atoms with Crippen molar-refractivity contribution in [3.63, 3.8) is 0 Å². The van der Waals surface area contributed by atoms with Crippen molar-refractivity contribution in [3.05, 3.63) is 38.9 Å². The lowest BCUT2D eigenvalue weighted by atomic mass is 9.68. The summed E-state index contributed by atoms with van der Waals surface area (Å²) in [6, 6.07) is 4.67. The van der Waals surface area contributed by atoms with E-state index in [-0.39, 0.29) is 5.69 Å². The van der Waals surface area contributed by atoms with E-state index >= 15 is 0 Å². The van der Waals surface area contributed by atoms with E-state index in [1.54, 1.807) is 12.1 Å². The number of rotatable bonds is 4. The standard InChI is InChI=1S/C14H19ClN2O3/c15-11-5-4-10(12(7-11)17(19)20)8-14(9-16)6-2-1-3-13(14)18/h4-5,7,13,18H,1-3,6,8-9,16H2. The minimum atomic E-state index is -0.503. The number of halogens is 1. The largest absolute Gasteiger partial charge is 0.392 e. The highest BCUT2D eigenvalue weighted by Crippen LogP contribution is 2.40. The maximum absolute atomic E-state index is 11.1. The van der Waals surface area contributed by atoms with Gasteiger partial charge in [0.25, 0.3) is 5.69 Å². The Hall–Kier alpha value is -1.17. The summed E-state index contributed by atoms with van der Waals surface area (Å²) in [4.78, 5) is 10.7. The summed E-state index contributed by atoms with van der Waals surface area (Å²) in [6.45, 7) is 0.327. The zero-order valence-corrected chi connectivity index (χ0v) is 12.0. The van der Waals surface area contributed by atoms with Gasteiger partial charge in [0, 0.05) is 28.6 Å². The van der Waals surface area contributed by atoms with Crippen LogP contribution in [-0.4, -0.2) is 22.7 Å². The molecule has 0 radical (unpaired) electrons. The maximum Gasteiger partial charge on any atom is 0.274 e. The highest BCUT2D eigenvalue weighted by atomic mass is 35.5. The van der Waals surface area contributed by atoms with Crippen LogP contribution in [0.3, 0.4) is 0 Å². The Bertz CT molecular complexity index is 509. The van der Waals surface area contributed by atoms with Crippen LogP contribution in [0.1, 0.15) is 31.2 Å². The van der Waals surface area contributed by atoms with Crippen LogP contribution >= 0.6 is 11.6 Å². The predicted molar refractivity (Wildman–Crippen MR) is 77.8 cm³/mol. The highest BCUT2D eigenvalue weighted by Gasteiger charge is 2.40. The number of aliphatic hydroxyl groups excluding tert-OH is 1. The molecule has 1 fully saturated rings. The van der Waals surface area contributed by atoms with Crippen molar-refractivity contribution in [2.45, 2.75) is 38.2 Å². The molecule has 110 valence electrons.